The van der Waals surface area contributed by atoms with E-state index in [1.807, 2.05) is 6.92 Å². The standard InChI is InChI=1S/C5H11NO.ClH/c1-4(6)5-2-7-3-5;/h4-5H,2-3,6H2,1H3;1H/t4-;/m1./s1. The molecular formula is C5H12ClNO. The lowest BCUT2D eigenvalue weighted by Crippen LogP contribution is -2.40. The monoisotopic (exact) mass is 137 g/mol. The average Bonchev–Trinajstić information content (AvgIpc) is 1.23. The molecule has 0 amide bonds. The lowest BCUT2D eigenvalue weighted by Gasteiger charge is -2.28. The highest BCUT2D eigenvalue weighted by molar-refractivity contribution is 5.85. The molecule has 8 heavy (non-hydrogen) atoms. The molecule has 2 nitrogen and oxygen atoms in total. The highest BCUT2D eigenvalue weighted by atomic mass is 35.5. The summed E-state index contributed by atoms with van der Waals surface area (Å²) in [7, 11) is 0. The van der Waals surface area contributed by atoms with Gasteiger partial charge in [-0.1, -0.05) is 0 Å². The molecule has 0 bridgehead atoms. The van der Waals surface area contributed by atoms with Gasteiger partial charge in [-0.25, -0.2) is 0 Å². The molecule has 0 aromatic carbocycles. The predicted molar refractivity (Wildman–Crippen MR) is 35.2 cm³/mol. The Morgan fingerprint density at radius 2 is 2.12 bits per heavy atom. The van der Waals surface area contributed by atoms with Crippen molar-refractivity contribution >= 4 is 12.4 Å². The van der Waals surface area contributed by atoms with Crippen LogP contribution in [0.25, 0.3) is 0 Å². The van der Waals surface area contributed by atoms with E-state index < -0.39 is 0 Å². The average molecular weight is 138 g/mol. The van der Waals surface area contributed by atoms with E-state index in [-0.39, 0.29) is 12.4 Å². The summed E-state index contributed by atoms with van der Waals surface area (Å²) in [4.78, 5) is 0. The second-order valence-corrected chi connectivity index (χ2v) is 2.16. The fourth-order valence-electron chi connectivity index (χ4n) is 0.557. The summed E-state index contributed by atoms with van der Waals surface area (Å²) in [6.07, 6.45) is 0. The van der Waals surface area contributed by atoms with Gasteiger partial charge in [-0.15, -0.1) is 12.4 Å². The van der Waals surface area contributed by atoms with Gasteiger partial charge in [0, 0.05) is 12.0 Å². The molecule has 1 heterocycles. The second kappa shape index (κ2) is 3.28. The van der Waals surface area contributed by atoms with Gasteiger partial charge in [0.15, 0.2) is 0 Å². The SMILES string of the molecule is C[C@@H](N)C1COC1.Cl. The molecule has 0 radical (unpaired) electrons. The van der Waals surface area contributed by atoms with Crippen LogP contribution < -0.4 is 5.73 Å². The van der Waals surface area contributed by atoms with Crippen molar-refractivity contribution in [3.8, 4) is 0 Å². The highest BCUT2D eigenvalue weighted by Gasteiger charge is 2.21. The molecule has 0 saturated carbocycles. The van der Waals surface area contributed by atoms with E-state index in [4.69, 9.17) is 10.5 Å². The fraction of sp³-hybridized carbons (Fsp3) is 1.00. The minimum atomic E-state index is 0. The van der Waals surface area contributed by atoms with E-state index in [0.29, 0.717) is 12.0 Å². The number of rotatable bonds is 1. The van der Waals surface area contributed by atoms with E-state index in [0.717, 1.165) is 13.2 Å². The van der Waals surface area contributed by atoms with Crippen molar-refractivity contribution in [1.82, 2.24) is 0 Å². The third-order valence-electron chi connectivity index (χ3n) is 1.41. The Hall–Kier alpha value is 0.210. The van der Waals surface area contributed by atoms with Gasteiger partial charge in [0.1, 0.15) is 0 Å². The summed E-state index contributed by atoms with van der Waals surface area (Å²) in [6, 6.07) is 0.328. The van der Waals surface area contributed by atoms with Crippen LogP contribution in [0, 0.1) is 5.92 Å². The number of nitrogens with two attached hydrogens (primary N) is 1. The van der Waals surface area contributed by atoms with Crippen LogP contribution in [0.3, 0.4) is 0 Å². The quantitative estimate of drug-likeness (QED) is 0.568. The topological polar surface area (TPSA) is 35.2 Å². The summed E-state index contributed by atoms with van der Waals surface area (Å²) in [5.74, 6) is 0.639. The lowest BCUT2D eigenvalue weighted by atomic mass is 10.0. The van der Waals surface area contributed by atoms with E-state index in [1.54, 1.807) is 0 Å². The van der Waals surface area contributed by atoms with E-state index in [9.17, 15) is 0 Å². The van der Waals surface area contributed by atoms with Crippen LogP contribution in [0.1, 0.15) is 6.92 Å². The van der Waals surface area contributed by atoms with E-state index >= 15 is 0 Å². The van der Waals surface area contributed by atoms with Gasteiger partial charge in [0.2, 0.25) is 0 Å². The minimum absolute atomic E-state index is 0. The molecular weight excluding hydrogens is 126 g/mol. The zero-order valence-electron chi connectivity index (χ0n) is 4.96. The molecule has 1 saturated heterocycles. The van der Waals surface area contributed by atoms with Crippen LogP contribution in [0.15, 0.2) is 0 Å². The molecule has 1 aliphatic rings. The smallest absolute Gasteiger partial charge is 0.0531 e. The first-order valence-corrected chi connectivity index (χ1v) is 2.64. The van der Waals surface area contributed by atoms with Gasteiger partial charge in [-0.05, 0) is 6.92 Å². The third-order valence-corrected chi connectivity index (χ3v) is 1.41. The van der Waals surface area contributed by atoms with E-state index in [2.05, 4.69) is 0 Å². The van der Waals surface area contributed by atoms with Crippen LogP contribution in [0.4, 0.5) is 0 Å². The van der Waals surface area contributed by atoms with Crippen LogP contribution in [-0.4, -0.2) is 19.3 Å². The molecule has 2 N–H and O–H groups in total. The highest BCUT2D eigenvalue weighted by Crippen LogP contribution is 2.11. The van der Waals surface area contributed by atoms with Crippen LogP contribution in [0.5, 0.6) is 0 Å². The third kappa shape index (κ3) is 1.62. The molecule has 0 spiro atoms. The molecule has 0 aromatic rings. The fourth-order valence-corrected chi connectivity index (χ4v) is 0.557. The maximum atomic E-state index is 5.52. The Morgan fingerprint density at radius 3 is 2.12 bits per heavy atom. The Labute approximate surface area is 55.8 Å². The Kier molecular flexibility index (Phi) is 3.36. The summed E-state index contributed by atoms with van der Waals surface area (Å²) in [5.41, 5.74) is 5.52. The summed E-state index contributed by atoms with van der Waals surface area (Å²) >= 11 is 0. The van der Waals surface area contributed by atoms with Crippen molar-refractivity contribution < 1.29 is 4.74 Å². The number of hydrogen-bond donors (Lipinski definition) is 1. The van der Waals surface area contributed by atoms with Crippen molar-refractivity contribution in [2.24, 2.45) is 11.7 Å². The van der Waals surface area contributed by atoms with Crippen molar-refractivity contribution in [2.45, 2.75) is 13.0 Å². The van der Waals surface area contributed by atoms with Gasteiger partial charge in [0.25, 0.3) is 0 Å². The molecule has 1 rings (SSSR count). The Bertz CT molecular complexity index is 63.4. The molecule has 50 valence electrons. The van der Waals surface area contributed by atoms with E-state index in [1.165, 1.54) is 0 Å². The number of ether oxygens (including phenoxy) is 1. The summed E-state index contributed by atoms with van der Waals surface area (Å²) in [5, 5.41) is 0. The molecule has 0 aromatic heterocycles. The van der Waals surface area contributed by atoms with Gasteiger partial charge in [0.05, 0.1) is 13.2 Å². The number of halogens is 1. The first-order chi connectivity index (χ1) is 3.30. The Morgan fingerprint density at radius 1 is 1.62 bits per heavy atom. The van der Waals surface area contributed by atoms with Crippen LogP contribution in [-0.2, 0) is 4.74 Å². The van der Waals surface area contributed by atoms with Gasteiger partial charge in [-0.2, -0.15) is 0 Å². The molecule has 0 unspecified atom stereocenters. The van der Waals surface area contributed by atoms with Gasteiger partial charge in [-0.3, -0.25) is 0 Å². The van der Waals surface area contributed by atoms with Crippen LogP contribution in [0.2, 0.25) is 0 Å². The zero-order valence-corrected chi connectivity index (χ0v) is 5.78. The Balaban J connectivity index is 0.000000490. The maximum Gasteiger partial charge on any atom is 0.0531 e. The second-order valence-electron chi connectivity index (χ2n) is 2.16. The molecule has 1 fully saturated rings. The minimum Gasteiger partial charge on any atom is -0.381 e. The molecule has 0 aliphatic carbocycles. The zero-order chi connectivity index (χ0) is 5.28. The van der Waals surface area contributed by atoms with Crippen molar-refractivity contribution in [3.63, 3.8) is 0 Å². The lowest BCUT2D eigenvalue weighted by molar-refractivity contribution is -0.0408. The van der Waals surface area contributed by atoms with Crippen LogP contribution >= 0.6 is 12.4 Å². The largest absolute Gasteiger partial charge is 0.381 e. The number of hydrogen-bond acceptors (Lipinski definition) is 2. The van der Waals surface area contributed by atoms with Crippen molar-refractivity contribution in [3.05, 3.63) is 0 Å². The van der Waals surface area contributed by atoms with Crippen molar-refractivity contribution in [1.29, 1.82) is 0 Å². The summed E-state index contributed by atoms with van der Waals surface area (Å²) in [6.45, 7) is 3.77. The first kappa shape index (κ1) is 8.21. The van der Waals surface area contributed by atoms with Gasteiger partial charge >= 0.3 is 0 Å². The normalized spacial score (nSPS) is 23.2. The maximum absolute atomic E-state index is 5.52. The molecule has 3 heteroatoms. The van der Waals surface area contributed by atoms with Gasteiger partial charge < -0.3 is 10.5 Å². The summed E-state index contributed by atoms with van der Waals surface area (Å²) < 4.78 is 4.92. The van der Waals surface area contributed by atoms with Crippen molar-refractivity contribution in [2.75, 3.05) is 13.2 Å². The predicted octanol–water partition coefficient (Wildman–Crippen LogP) is 0.402. The molecule has 1 atom stereocenters. The first-order valence-electron chi connectivity index (χ1n) is 2.64. The molecule has 1 aliphatic heterocycles.